The molecular formula is C23H18FN3O2S. The average molecular weight is 419 g/mol. The van der Waals surface area contributed by atoms with Gasteiger partial charge in [0, 0.05) is 5.69 Å². The number of anilines is 1. The summed E-state index contributed by atoms with van der Waals surface area (Å²) < 4.78 is 15.7. The summed E-state index contributed by atoms with van der Waals surface area (Å²) in [5.41, 5.74) is 1.89. The van der Waals surface area contributed by atoms with Gasteiger partial charge >= 0.3 is 0 Å². The molecule has 0 aliphatic heterocycles. The van der Waals surface area contributed by atoms with Crippen molar-refractivity contribution >= 4 is 34.3 Å². The molecule has 150 valence electrons. The Morgan fingerprint density at radius 3 is 2.53 bits per heavy atom. The molecule has 4 aromatic rings. The highest BCUT2D eigenvalue weighted by molar-refractivity contribution is 7.99. The minimum absolute atomic E-state index is 0.0214. The first-order valence-corrected chi connectivity index (χ1v) is 10.3. The summed E-state index contributed by atoms with van der Waals surface area (Å²) in [5.74, 6) is -0.757. The van der Waals surface area contributed by atoms with E-state index in [0.29, 0.717) is 10.9 Å². The van der Waals surface area contributed by atoms with Crippen molar-refractivity contribution in [1.29, 1.82) is 0 Å². The number of aromatic nitrogens is 2. The van der Waals surface area contributed by atoms with Crippen molar-refractivity contribution < 1.29 is 9.18 Å². The highest BCUT2D eigenvalue weighted by Crippen LogP contribution is 2.23. The second kappa shape index (κ2) is 8.51. The Balaban J connectivity index is 1.70. The van der Waals surface area contributed by atoms with Crippen LogP contribution < -0.4 is 10.9 Å². The molecule has 0 bridgehead atoms. The Bertz CT molecular complexity index is 1300. The number of carbonyl (C=O) groups excluding carboxylic acids is 1. The number of rotatable bonds is 5. The Labute approximate surface area is 176 Å². The molecule has 0 aliphatic carbocycles. The van der Waals surface area contributed by atoms with E-state index in [1.807, 2.05) is 31.2 Å². The lowest BCUT2D eigenvalue weighted by atomic mass is 10.2. The fourth-order valence-corrected chi connectivity index (χ4v) is 3.89. The number of thioether (sulfide) groups is 1. The van der Waals surface area contributed by atoms with E-state index in [-0.39, 0.29) is 28.1 Å². The molecule has 7 heteroatoms. The lowest BCUT2D eigenvalue weighted by molar-refractivity contribution is -0.113. The van der Waals surface area contributed by atoms with Gasteiger partial charge in [-0.15, -0.1) is 0 Å². The maximum Gasteiger partial charge on any atom is 0.266 e. The second-order valence-electron chi connectivity index (χ2n) is 6.66. The van der Waals surface area contributed by atoms with Crippen LogP contribution in [-0.2, 0) is 4.79 Å². The van der Waals surface area contributed by atoms with Gasteiger partial charge in [0.25, 0.3) is 5.56 Å². The first kappa shape index (κ1) is 19.8. The number of hydrogen-bond acceptors (Lipinski definition) is 4. The second-order valence-corrected chi connectivity index (χ2v) is 7.60. The third kappa shape index (κ3) is 3.97. The van der Waals surface area contributed by atoms with Gasteiger partial charge in [-0.1, -0.05) is 54.2 Å². The molecule has 5 nitrogen and oxygen atoms in total. The number of para-hydroxylation sites is 3. The topological polar surface area (TPSA) is 64.0 Å². The van der Waals surface area contributed by atoms with E-state index >= 15 is 0 Å². The number of nitrogens with one attached hydrogen (secondary N) is 1. The summed E-state index contributed by atoms with van der Waals surface area (Å²) in [6.07, 6.45) is 0. The first-order chi connectivity index (χ1) is 14.5. The maximum atomic E-state index is 14.5. The maximum absolute atomic E-state index is 14.5. The van der Waals surface area contributed by atoms with Crippen molar-refractivity contribution in [1.82, 2.24) is 9.55 Å². The van der Waals surface area contributed by atoms with Crippen LogP contribution in [0.2, 0.25) is 0 Å². The lowest BCUT2D eigenvalue weighted by Crippen LogP contribution is -2.23. The van der Waals surface area contributed by atoms with E-state index < -0.39 is 5.82 Å². The summed E-state index contributed by atoms with van der Waals surface area (Å²) in [5, 5.41) is 3.49. The fourth-order valence-electron chi connectivity index (χ4n) is 3.08. The average Bonchev–Trinajstić information content (AvgIpc) is 2.75. The smallest absolute Gasteiger partial charge is 0.266 e. The molecule has 0 fully saturated rings. The van der Waals surface area contributed by atoms with E-state index in [4.69, 9.17) is 0 Å². The number of fused-ring (bicyclic) bond motifs is 1. The van der Waals surface area contributed by atoms with E-state index in [0.717, 1.165) is 23.0 Å². The summed E-state index contributed by atoms with van der Waals surface area (Å²) in [6, 6.07) is 20.4. The van der Waals surface area contributed by atoms with Crippen LogP contribution in [0.5, 0.6) is 0 Å². The zero-order chi connectivity index (χ0) is 21.1. The van der Waals surface area contributed by atoms with E-state index in [9.17, 15) is 14.0 Å². The van der Waals surface area contributed by atoms with Crippen LogP contribution in [0.4, 0.5) is 10.1 Å². The van der Waals surface area contributed by atoms with Crippen molar-refractivity contribution in [2.24, 2.45) is 0 Å². The minimum Gasteiger partial charge on any atom is -0.325 e. The Morgan fingerprint density at radius 1 is 1.03 bits per heavy atom. The van der Waals surface area contributed by atoms with Gasteiger partial charge in [0.05, 0.1) is 22.3 Å². The third-order valence-corrected chi connectivity index (χ3v) is 5.53. The van der Waals surface area contributed by atoms with Gasteiger partial charge in [0.15, 0.2) is 5.16 Å². The third-order valence-electron chi connectivity index (χ3n) is 4.59. The predicted molar refractivity (Wildman–Crippen MR) is 118 cm³/mol. The van der Waals surface area contributed by atoms with Crippen molar-refractivity contribution in [2.75, 3.05) is 11.1 Å². The number of benzene rings is 3. The lowest BCUT2D eigenvalue weighted by Gasteiger charge is -2.14. The SMILES string of the molecule is Cc1ccccc1NC(=O)CSc1nc2ccccc2c(=O)n1-c1ccccc1F. The van der Waals surface area contributed by atoms with Crippen LogP contribution in [0.25, 0.3) is 16.6 Å². The van der Waals surface area contributed by atoms with Gasteiger partial charge < -0.3 is 5.32 Å². The molecule has 1 amide bonds. The Morgan fingerprint density at radius 2 is 1.73 bits per heavy atom. The zero-order valence-electron chi connectivity index (χ0n) is 16.1. The van der Waals surface area contributed by atoms with Crippen molar-refractivity contribution in [3.8, 4) is 5.69 Å². The first-order valence-electron chi connectivity index (χ1n) is 9.29. The molecule has 30 heavy (non-hydrogen) atoms. The number of amides is 1. The Kier molecular flexibility index (Phi) is 5.63. The fraction of sp³-hybridized carbons (Fsp3) is 0.0870. The van der Waals surface area contributed by atoms with Crippen LogP contribution in [0.15, 0.2) is 82.7 Å². The van der Waals surface area contributed by atoms with Crippen LogP contribution >= 0.6 is 11.8 Å². The number of halogens is 1. The van der Waals surface area contributed by atoms with Gasteiger partial charge in [0.2, 0.25) is 5.91 Å². The molecule has 0 aliphatic rings. The largest absolute Gasteiger partial charge is 0.325 e. The van der Waals surface area contributed by atoms with Gasteiger partial charge in [-0.25, -0.2) is 9.37 Å². The molecule has 0 unspecified atom stereocenters. The summed E-state index contributed by atoms with van der Waals surface area (Å²) >= 11 is 1.09. The minimum atomic E-state index is -0.539. The monoisotopic (exact) mass is 419 g/mol. The van der Waals surface area contributed by atoms with Crippen molar-refractivity contribution in [3.63, 3.8) is 0 Å². The number of nitrogens with zero attached hydrogens (tertiary/aromatic N) is 2. The molecule has 0 saturated carbocycles. The molecule has 0 atom stereocenters. The van der Waals surface area contributed by atoms with Crippen LogP contribution in [0, 0.1) is 12.7 Å². The molecule has 3 aromatic carbocycles. The number of aryl methyl sites for hydroxylation is 1. The molecule has 0 saturated heterocycles. The van der Waals surface area contributed by atoms with Crippen LogP contribution in [0.3, 0.4) is 0 Å². The van der Waals surface area contributed by atoms with E-state index in [1.165, 1.54) is 16.7 Å². The highest BCUT2D eigenvalue weighted by Gasteiger charge is 2.17. The van der Waals surface area contributed by atoms with E-state index in [2.05, 4.69) is 10.3 Å². The zero-order valence-corrected chi connectivity index (χ0v) is 16.9. The molecular weight excluding hydrogens is 401 g/mol. The quantitative estimate of drug-likeness (QED) is 0.380. The summed E-state index contributed by atoms with van der Waals surface area (Å²) in [7, 11) is 0. The molecule has 1 heterocycles. The van der Waals surface area contributed by atoms with Crippen molar-refractivity contribution in [3.05, 3.63) is 94.5 Å². The van der Waals surface area contributed by atoms with Crippen molar-refractivity contribution in [2.45, 2.75) is 12.1 Å². The molecule has 1 N–H and O–H groups in total. The molecule has 0 spiro atoms. The van der Waals surface area contributed by atoms with Gasteiger partial charge in [-0.2, -0.15) is 0 Å². The number of hydrogen-bond donors (Lipinski definition) is 1. The number of carbonyl (C=O) groups is 1. The van der Waals surface area contributed by atoms with Gasteiger partial charge in [-0.3, -0.25) is 14.2 Å². The van der Waals surface area contributed by atoms with Gasteiger partial charge in [-0.05, 0) is 42.8 Å². The Hall–Kier alpha value is -3.45. The molecule has 4 rings (SSSR count). The van der Waals surface area contributed by atoms with E-state index in [1.54, 1.807) is 36.4 Å². The van der Waals surface area contributed by atoms with Gasteiger partial charge in [0.1, 0.15) is 5.82 Å². The molecule has 1 aromatic heterocycles. The molecule has 0 radical (unpaired) electrons. The van der Waals surface area contributed by atoms with Crippen LogP contribution in [-0.4, -0.2) is 21.2 Å². The van der Waals surface area contributed by atoms with Crippen LogP contribution in [0.1, 0.15) is 5.56 Å². The predicted octanol–water partition coefficient (Wildman–Crippen LogP) is 4.56. The summed E-state index contributed by atoms with van der Waals surface area (Å²) in [6.45, 7) is 1.91. The highest BCUT2D eigenvalue weighted by atomic mass is 32.2. The normalized spacial score (nSPS) is 10.9. The summed E-state index contributed by atoms with van der Waals surface area (Å²) in [4.78, 5) is 30.1. The standard InChI is InChI=1S/C23H18FN3O2S/c1-15-8-2-5-11-18(15)25-21(28)14-30-23-26-19-12-6-3-9-16(19)22(29)27(23)20-13-7-4-10-17(20)24/h2-13H,14H2,1H3,(H,25,28).